The first-order valence-corrected chi connectivity index (χ1v) is 4.68. The second-order valence-electron chi connectivity index (χ2n) is 2.78. The molecular formula is C9H23NO2. The maximum Gasteiger partial charge on any atom is 0.0742 e. The zero-order valence-electron chi connectivity index (χ0n) is 8.51. The molecule has 0 saturated heterocycles. The molecule has 0 spiro atoms. The van der Waals surface area contributed by atoms with Crippen LogP contribution in [0.15, 0.2) is 0 Å². The van der Waals surface area contributed by atoms with E-state index in [2.05, 4.69) is 19.2 Å². The fraction of sp³-hybridized carbons (Fsp3) is 1.00. The molecule has 0 aromatic rings. The molecule has 0 heterocycles. The standard InChI is InChI=1S/C6H15N.C3H8O2/c1-3-5-7-6-4-2;1-3(5)2-4/h7H,3-6H2,1-2H3;3-5H,2H2,1H3. The van der Waals surface area contributed by atoms with E-state index in [1.165, 1.54) is 32.9 Å². The monoisotopic (exact) mass is 177 g/mol. The minimum absolute atomic E-state index is 0.139. The van der Waals surface area contributed by atoms with E-state index in [0.717, 1.165) is 0 Å². The van der Waals surface area contributed by atoms with E-state index in [-0.39, 0.29) is 6.61 Å². The van der Waals surface area contributed by atoms with Crippen LogP contribution in [-0.4, -0.2) is 36.0 Å². The quantitative estimate of drug-likeness (QED) is 0.543. The summed E-state index contributed by atoms with van der Waals surface area (Å²) in [4.78, 5) is 0. The van der Waals surface area contributed by atoms with E-state index in [0.29, 0.717) is 0 Å². The molecule has 0 amide bonds. The smallest absolute Gasteiger partial charge is 0.0742 e. The Bertz CT molecular complexity index is 63.5. The fourth-order valence-electron chi connectivity index (χ4n) is 0.479. The minimum atomic E-state index is -0.560. The van der Waals surface area contributed by atoms with E-state index in [1.54, 1.807) is 0 Å². The number of rotatable bonds is 5. The van der Waals surface area contributed by atoms with Crippen molar-refractivity contribution in [1.29, 1.82) is 0 Å². The Balaban J connectivity index is 0. The maximum atomic E-state index is 8.11. The predicted octanol–water partition coefficient (Wildman–Crippen LogP) is 0.755. The highest BCUT2D eigenvalue weighted by molar-refractivity contribution is 4.39. The zero-order valence-corrected chi connectivity index (χ0v) is 8.51. The maximum absolute atomic E-state index is 8.11. The molecule has 1 atom stereocenters. The molecule has 0 radical (unpaired) electrons. The zero-order chi connectivity index (χ0) is 9.82. The summed E-state index contributed by atoms with van der Waals surface area (Å²) in [5.41, 5.74) is 0. The van der Waals surface area contributed by atoms with Gasteiger partial charge in [0.05, 0.1) is 12.7 Å². The second kappa shape index (κ2) is 13.5. The van der Waals surface area contributed by atoms with Crippen LogP contribution >= 0.6 is 0 Å². The molecule has 0 rings (SSSR count). The van der Waals surface area contributed by atoms with Crippen LogP contribution in [0.2, 0.25) is 0 Å². The summed E-state index contributed by atoms with van der Waals surface area (Å²) in [7, 11) is 0. The van der Waals surface area contributed by atoms with Gasteiger partial charge in [-0.05, 0) is 32.9 Å². The van der Waals surface area contributed by atoms with Crippen LogP contribution in [0, 0.1) is 0 Å². The van der Waals surface area contributed by atoms with Crippen LogP contribution in [0.5, 0.6) is 0 Å². The molecule has 12 heavy (non-hydrogen) atoms. The average molecular weight is 177 g/mol. The van der Waals surface area contributed by atoms with Crippen molar-refractivity contribution in [2.24, 2.45) is 0 Å². The van der Waals surface area contributed by atoms with Crippen molar-refractivity contribution in [3.05, 3.63) is 0 Å². The molecule has 76 valence electrons. The van der Waals surface area contributed by atoms with Gasteiger partial charge in [0.1, 0.15) is 0 Å². The van der Waals surface area contributed by atoms with E-state index < -0.39 is 6.10 Å². The van der Waals surface area contributed by atoms with Gasteiger partial charge in [-0.1, -0.05) is 13.8 Å². The third-order valence-corrected chi connectivity index (χ3v) is 1.12. The molecule has 3 N–H and O–H groups in total. The Morgan fingerprint density at radius 1 is 1.17 bits per heavy atom. The van der Waals surface area contributed by atoms with Crippen molar-refractivity contribution in [3.8, 4) is 0 Å². The normalized spacial score (nSPS) is 11.8. The summed E-state index contributed by atoms with van der Waals surface area (Å²) >= 11 is 0. The van der Waals surface area contributed by atoms with Crippen molar-refractivity contribution in [1.82, 2.24) is 5.32 Å². The summed E-state index contributed by atoms with van der Waals surface area (Å²) in [6.45, 7) is 8.10. The predicted molar refractivity (Wildman–Crippen MR) is 52.2 cm³/mol. The highest BCUT2D eigenvalue weighted by Gasteiger charge is 1.83. The highest BCUT2D eigenvalue weighted by atomic mass is 16.3. The average Bonchev–Trinajstić information content (AvgIpc) is 2.07. The van der Waals surface area contributed by atoms with Gasteiger partial charge in [0.25, 0.3) is 0 Å². The lowest BCUT2D eigenvalue weighted by Gasteiger charge is -1.95. The van der Waals surface area contributed by atoms with Gasteiger partial charge in [-0.25, -0.2) is 0 Å². The van der Waals surface area contributed by atoms with Gasteiger partial charge in [0.2, 0.25) is 0 Å². The van der Waals surface area contributed by atoms with Gasteiger partial charge in [-0.2, -0.15) is 0 Å². The van der Waals surface area contributed by atoms with Gasteiger partial charge in [-0.3, -0.25) is 0 Å². The summed E-state index contributed by atoms with van der Waals surface area (Å²) in [6, 6.07) is 0. The van der Waals surface area contributed by atoms with Gasteiger partial charge in [0, 0.05) is 0 Å². The lowest BCUT2D eigenvalue weighted by Crippen LogP contribution is -2.14. The van der Waals surface area contributed by atoms with Crippen LogP contribution in [-0.2, 0) is 0 Å². The first kappa shape index (κ1) is 14.4. The van der Waals surface area contributed by atoms with Gasteiger partial charge >= 0.3 is 0 Å². The molecule has 0 saturated carbocycles. The van der Waals surface area contributed by atoms with Crippen molar-refractivity contribution in [2.75, 3.05) is 19.7 Å². The van der Waals surface area contributed by atoms with Gasteiger partial charge in [-0.15, -0.1) is 0 Å². The number of aliphatic hydroxyl groups excluding tert-OH is 2. The molecule has 3 nitrogen and oxygen atoms in total. The Hall–Kier alpha value is -0.120. The number of hydrogen-bond donors (Lipinski definition) is 3. The SMILES string of the molecule is CC(O)CO.CCCNCCC. The number of nitrogens with one attached hydrogen (secondary N) is 1. The van der Waals surface area contributed by atoms with E-state index in [1.807, 2.05) is 0 Å². The highest BCUT2D eigenvalue weighted by Crippen LogP contribution is 1.71. The third-order valence-electron chi connectivity index (χ3n) is 1.12. The summed E-state index contributed by atoms with van der Waals surface area (Å²) < 4.78 is 0. The Morgan fingerprint density at radius 2 is 1.50 bits per heavy atom. The van der Waals surface area contributed by atoms with Gasteiger partial charge in [0.15, 0.2) is 0 Å². The molecule has 0 bridgehead atoms. The number of hydrogen-bond acceptors (Lipinski definition) is 3. The first-order chi connectivity index (χ1) is 5.68. The molecule has 0 aliphatic rings. The van der Waals surface area contributed by atoms with Crippen LogP contribution in [0.25, 0.3) is 0 Å². The van der Waals surface area contributed by atoms with Crippen molar-refractivity contribution in [3.63, 3.8) is 0 Å². The molecule has 3 heteroatoms. The van der Waals surface area contributed by atoms with Crippen LogP contribution < -0.4 is 5.32 Å². The summed E-state index contributed by atoms with van der Waals surface area (Å²) in [6.07, 6.45) is 1.94. The molecular weight excluding hydrogens is 154 g/mol. The second-order valence-corrected chi connectivity index (χ2v) is 2.78. The molecule has 0 aromatic heterocycles. The van der Waals surface area contributed by atoms with Crippen molar-refractivity contribution < 1.29 is 10.2 Å². The van der Waals surface area contributed by atoms with E-state index in [4.69, 9.17) is 10.2 Å². The third kappa shape index (κ3) is 22.5. The van der Waals surface area contributed by atoms with Crippen LogP contribution in [0.1, 0.15) is 33.6 Å². The lowest BCUT2D eigenvalue weighted by molar-refractivity contribution is 0.110. The molecule has 0 aliphatic heterocycles. The summed E-state index contributed by atoms with van der Waals surface area (Å²) in [5.74, 6) is 0. The van der Waals surface area contributed by atoms with E-state index in [9.17, 15) is 0 Å². The Morgan fingerprint density at radius 3 is 1.67 bits per heavy atom. The summed E-state index contributed by atoms with van der Waals surface area (Å²) in [5, 5.41) is 19.3. The van der Waals surface area contributed by atoms with E-state index >= 15 is 0 Å². The van der Waals surface area contributed by atoms with Crippen LogP contribution in [0.3, 0.4) is 0 Å². The number of aliphatic hydroxyl groups is 2. The molecule has 0 aliphatic carbocycles. The van der Waals surface area contributed by atoms with Crippen molar-refractivity contribution >= 4 is 0 Å². The Kier molecular flexibility index (Phi) is 16.2. The molecule has 1 unspecified atom stereocenters. The topological polar surface area (TPSA) is 52.5 Å². The van der Waals surface area contributed by atoms with Crippen LogP contribution in [0.4, 0.5) is 0 Å². The van der Waals surface area contributed by atoms with Crippen molar-refractivity contribution in [2.45, 2.75) is 39.7 Å². The fourth-order valence-corrected chi connectivity index (χ4v) is 0.479. The lowest BCUT2D eigenvalue weighted by atomic mass is 10.4. The largest absolute Gasteiger partial charge is 0.394 e. The minimum Gasteiger partial charge on any atom is -0.394 e. The Labute approximate surface area is 75.8 Å². The van der Waals surface area contributed by atoms with Gasteiger partial charge < -0.3 is 15.5 Å². The molecule has 0 aromatic carbocycles. The molecule has 0 fully saturated rings. The first-order valence-electron chi connectivity index (χ1n) is 4.68.